The predicted octanol–water partition coefficient (Wildman–Crippen LogP) is 0.958. The van der Waals surface area contributed by atoms with E-state index in [1.807, 2.05) is 4.90 Å². The zero-order chi connectivity index (χ0) is 13.0. The SMILES string of the molecule is COCC1=CCN(c2nccc(C(=O)O)n2)CC1. The van der Waals surface area contributed by atoms with Crippen LogP contribution in [0, 0.1) is 0 Å². The number of nitrogens with zero attached hydrogens (tertiary/aromatic N) is 3. The van der Waals surface area contributed by atoms with Gasteiger partial charge in [-0.2, -0.15) is 0 Å². The minimum absolute atomic E-state index is 0.0201. The third-order valence-corrected chi connectivity index (χ3v) is 2.78. The summed E-state index contributed by atoms with van der Waals surface area (Å²) in [6, 6.07) is 1.39. The first kappa shape index (κ1) is 12.5. The van der Waals surface area contributed by atoms with Gasteiger partial charge in [0.15, 0.2) is 5.69 Å². The van der Waals surface area contributed by atoms with Crippen LogP contribution in [-0.2, 0) is 4.74 Å². The summed E-state index contributed by atoms with van der Waals surface area (Å²) in [4.78, 5) is 20.9. The molecular weight excluding hydrogens is 234 g/mol. The number of ether oxygens (including phenoxy) is 1. The average Bonchev–Trinajstić information content (AvgIpc) is 2.40. The Kier molecular flexibility index (Phi) is 3.88. The van der Waals surface area contributed by atoms with Crippen LogP contribution in [0.25, 0.3) is 0 Å². The molecule has 2 rings (SSSR count). The van der Waals surface area contributed by atoms with Crippen LogP contribution in [0.15, 0.2) is 23.9 Å². The van der Waals surface area contributed by atoms with E-state index in [9.17, 15) is 4.79 Å². The minimum atomic E-state index is -1.04. The first-order valence-electron chi connectivity index (χ1n) is 5.69. The Morgan fingerprint density at radius 3 is 3.06 bits per heavy atom. The lowest BCUT2D eigenvalue weighted by atomic mass is 10.1. The van der Waals surface area contributed by atoms with Crippen molar-refractivity contribution in [3.8, 4) is 0 Å². The maximum absolute atomic E-state index is 10.8. The van der Waals surface area contributed by atoms with E-state index in [2.05, 4.69) is 16.0 Å². The molecule has 0 amide bonds. The first-order chi connectivity index (χ1) is 8.70. The maximum atomic E-state index is 10.8. The molecule has 0 saturated heterocycles. The van der Waals surface area contributed by atoms with Gasteiger partial charge in [0.1, 0.15) is 0 Å². The number of hydrogen-bond acceptors (Lipinski definition) is 5. The molecule has 1 aromatic heterocycles. The fourth-order valence-corrected chi connectivity index (χ4v) is 1.83. The highest BCUT2D eigenvalue weighted by atomic mass is 16.5. The molecule has 6 nitrogen and oxygen atoms in total. The highest BCUT2D eigenvalue weighted by molar-refractivity contribution is 5.85. The summed E-state index contributed by atoms with van der Waals surface area (Å²) in [7, 11) is 1.67. The fraction of sp³-hybridized carbons (Fsp3) is 0.417. The zero-order valence-corrected chi connectivity index (χ0v) is 10.2. The Labute approximate surface area is 105 Å². The summed E-state index contributed by atoms with van der Waals surface area (Å²) in [5, 5.41) is 8.88. The number of rotatable bonds is 4. The fourth-order valence-electron chi connectivity index (χ4n) is 1.83. The van der Waals surface area contributed by atoms with Crippen molar-refractivity contribution < 1.29 is 14.6 Å². The number of aromatic carboxylic acids is 1. The summed E-state index contributed by atoms with van der Waals surface area (Å²) in [5.74, 6) is -0.575. The van der Waals surface area contributed by atoms with Crippen molar-refractivity contribution in [3.63, 3.8) is 0 Å². The molecule has 0 atom stereocenters. The second kappa shape index (κ2) is 5.59. The largest absolute Gasteiger partial charge is 0.477 e. The molecule has 18 heavy (non-hydrogen) atoms. The number of hydrogen-bond donors (Lipinski definition) is 1. The van der Waals surface area contributed by atoms with Gasteiger partial charge in [-0.15, -0.1) is 0 Å². The second-order valence-electron chi connectivity index (χ2n) is 4.04. The summed E-state index contributed by atoms with van der Waals surface area (Å²) >= 11 is 0. The molecule has 1 N–H and O–H groups in total. The van der Waals surface area contributed by atoms with Crippen molar-refractivity contribution in [3.05, 3.63) is 29.6 Å². The highest BCUT2D eigenvalue weighted by Gasteiger charge is 2.15. The van der Waals surface area contributed by atoms with Crippen LogP contribution in [0.2, 0.25) is 0 Å². The number of anilines is 1. The summed E-state index contributed by atoms with van der Waals surface area (Å²) in [5.41, 5.74) is 1.27. The van der Waals surface area contributed by atoms with Gasteiger partial charge in [0, 0.05) is 26.4 Å². The number of carboxylic acid groups (broad SMARTS) is 1. The van der Waals surface area contributed by atoms with Crippen molar-refractivity contribution in [1.29, 1.82) is 0 Å². The molecule has 0 bridgehead atoms. The second-order valence-corrected chi connectivity index (χ2v) is 4.04. The van der Waals surface area contributed by atoms with Crippen molar-refractivity contribution in [2.24, 2.45) is 0 Å². The molecule has 0 aromatic carbocycles. The third-order valence-electron chi connectivity index (χ3n) is 2.78. The summed E-state index contributed by atoms with van der Waals surface area (Å²) in [6.07, 6.45) is 4.43. The Hall–Kier alpha value is -1.95. The lowest BCUT2D eigenvalue weighted by Crippen LogP contribution is -2.31. The molecule has 1 aromatic rings. The normalized spacial score (nSPS) is 15.4. The van der Waals surface area contributed by atoms with Gasteiger partial charge in [-0.1, -0.05) is 6.08 Å². The Balaban J connectivity index is 2.09. The van der Waals surface area contributed by atoms with Crippen molar-refractivity contribution in [2.45, 2.75) is 6.42 Å². The van der Waals surface area contributed by atoms with Gasteiger partial charge in [-0.3, -0.25) is 0 Å². The van der Waals surface area contributed by atoms with E-state index >= 15 is 0 Å². The summed E-state index contributed by atoms with van der Waals surface area (Å²) < 4.78 is 5.08. The van der Waals surface area contributed by atoms with Crippen LogP contribution in [0.4, 0.5) is 5.95 Å². The Morgan fingerprint density at radius 2 is 2.44 bits per heavy atom. The van der Waals surface area contributed by atoms with E-state index in [0.29, 0.717) is 19.1 Å². The van der Waals surface area contributed by atoms with Gasteiger partial charge in [0.05, 0.1) is 6.61 Å². The standard InChI is InChI=1S/C12H15N3O3/c1-18-8-9-3-6-15(7-4-9)12-13-5-2-10(14-12)11(16)17/h2-3,5H,4,6-8H2,1H3,(H,16,17). The van der Waals surface area contributed by atoms with E-state index < -0.39 is 5.97 Å². The molecule has 96 valence electrons. The van der Waals surface area contributed by atoms with Gasteiger partial charge in [0.25, 0.3) is 0 Å². The van der Waals surface area contributed by atoms with Gasteiger partial charge in [-0.25, -0.2) is 14.8 Å². The van der Waals surface area contributed by atoms with Crippen LogP contribution >= 0.6 is 0 Å². The van der Waals surface area contributed by atoms with E-state index in [-0.39, 0.29) is 5.69 Å². The molecule has 0 radical (unpaired) electrons. The lowest BCUT2D eigenvalue weighted by Gasteiger charge is -2.26. The molecular formula is C12H15N3O3. The molecule has 6 heteroatoms. The summed E-state index contributed by atoms with van der Waals surface area (Å²) in [6.45, 7) is 2.10. The Morgan fingerprint density at radius 1 is 1.61 bits per heavy atom. The van der Waals surface area contributed by atoms with E-state index in [1.165, 1.54) is 17.8 Å². The van der Waals surface area contributed by atoms with E-state index in [0.717, 1.165) is 13.0 Å². The molecule has 1 aliphatic heterocycles. The third kappa shape index (κ3) is 2.84. The zero-order valence-electron chi connectivity index (χ0n) is 10.2. The van der Waals surface area contributed by atoms with Gasteiger partial charge < -0.3 is 14.7 Å². The molecule has 0 aliphatic carbocycles. The number of carbonyl (C=O) groups is 1. The number of carboxylic acids is 1. The maximum Gasteiger partial charge on any atom is 0.354 e. The highest BCUT2D eigenvalue weighted by Crippen LogP contribution is 2.16. The smallest absolute Gasteiger partial charge is 0.354 e. The van der Waals surface area contributed by atoms with Crippen LogP contribution in [0.5, 0.6) is 0 Å². The first-order valence-corrected chi connectivity index (χ1v) is 5.69. The van der Waals surface area contributed by atoms with Crippen molar-refractivity contribution >= 4 is 11.9 Å². The van der Waals surface area contributed by atoms with Crippen LogP contribution < -0.4 is 4.90 Å². The quantitative estimate of drug-likeness (QED) is 0.801. The van der Waals surface area contributed by atoms with E-state index in [1.54, 1.807) is 7.11 Å². The van der Waals surface area contributed by atoms with Gasteiger partial charge in [-0.05, 0) is 18.1 Å². The molecule has 0 unspecified atom stereocenters. The van der Waals surface area contributed by atoms with Crippen molar-refractivity contribution in [1.82, 2.24) is 9.97 Å². The topological polar surface area (TPSA) is 75.5 Å². The Bertz CT molecular complexity index is 473. The van der Waals surface area contributed by atoms with Gasteiger partial charge in [0.2, 0.25) is 5.95 Å². The van der Waals surface area contributed by atoms with Crippen LogP contribution in [-0.4, -0.2) is 47.8 Å². The molecule has 0 fully saturated rings. The van der Waals surface area contributed by atoms with Crippen molar-refractivity contribution in [2.75, 3.05) is 31.7 Å². The average molecular weight is 249 g/mol. The minimum Gasteiger partial charge on any atom is -0.477 e. The molecule has 2 heterocycles. The number of aromatic nitrogens is 2. The molecule has 1 aliphatic rings. The molecule has 0 spiro atoms. The molecule has 0 saturated carbocycles. The monoisotopic (exact) mass is 249 g/mol. The van der Waals surface area contributed by atoms with Crippen LogP contribution in [0.3, 0.4) is 0 Å². The predicted molar refractivity (Wildman–Crippen MR) is 65.8 cm³/mol. The number of methoxy groups -OCH3 is 1. The van der Waals surface area contributed by atoms with Gasteiger partial charge >= 0.3 is 5.97 Å². The lowest BCUT2D eigenvalue weighted by molar-refractivity contribution is 0.0690. The van der Waals surface area contributed by atoms with E-state index in [4.69, 9.17) is 9.84 Å². The van der Waals surface area contributed by atoms with Crippen LogP contribution in [0.1, 0.15) is 16.9 Å².